The number of aliphatic hydroxyl groups is 3. The number of aliphatic carboxylic acids is 1. The van der Waals surface area contributed by atoms with Crippen molar-refractivity contribution in [1.82, 2.24) is 0 Å². The summed E-state index contributed by atoms with van der Waals surface area (Å²) in [5.74, 6) is -1.08. The fourth-order valence-corrected chi connectivity index (χ4v) is 3.41. The number of hydrogen-bond acceptors (Lipinski definition) is 4. The molecule has 0 aromatic heterocycles. The van der Waals surface area contributed by atoms with Crippen molar-refractivity contribution in [2.45, 2.75) is 83.0 Å². The largest absolute Gasteiger partial charge is 0.481 e. The topological polar surface area (TPSA) is 98.0 Å². The van der Waals surface area contributed by atoms with E-state index in [2.05, 4.69) is 19.1 Å². The standard InChI is InChI=1S/C20H34O5/c1-2-3-4-5-6-7-10-16-17(19(23)14-18(16)22)13-12-15(21)9-8-11-20(24)25/h6-7,12-13,15-19,21-23H,2-5,8-11,14H2,1H3,(H,24,25)/b7-6-,13-12+/t15?,16-,17+,18-,19+/m1/s1. The Kier molecular flexibility index (Phi) is 10.7. The van der Waals surface area contributed by atoms with Crippen molar-refractivity contribution in [2.75, 3.05) is 0 Å². The van der Waals surface area contributed by atoms with Crippen LogP contribution in [0.15, 0.2) is 24.3 Å². The number of carboxylic acids is 1. The van der Waals surface area contributed by atoms with Crippen LogP contribution in [0.25, 0.3) is 0 Å². The van der Waals surface area contributed by atoms with Crippen molar-refractivity contribution in [1.29, 1.82) is 0 Å². The average molecular weight is 354 g/mol. The van der Waals surface area contributed by atoms with Crippen molar-refractivity contribution < 1.29 is 25.2 Å². The third-order valence-corrected chi connectivity index (χ3v) is 4.91. The molecule has 0 radical (unpaired) electrons. The summed E-state index contributed by atoms with van der Waals surface area (Å²) < 4.78 is 0. The maximum atomic E-state index is 10.5. The molecular formula is C20H34O5. The second kappa shape index (κ2) is 12.2. The summed E-state index contributed by atoms with van der Waals surface area (Å²) in [6.45, 7) is 2.17. The molecule has 1 saturated carbocycles. The SMILES string of the molecule is CCCCC/C=C\C[C@@H]1[C@H](/C=C/C(O)CCCC(=O)O)[C@@H](O)C[C@H]1O. The van der Waals surface area contributed by atoms with E-state index in [1.54, 1.807) is 12.2 Å². The number of aliphatic hydroxyl groups excluding tert-OH is 3. The smallest absolute Gasteiger partial charge is 0.303 e. The molecule has 25 heavy (non-hydrogen) atoms. The van der Waals surface area contributed by atoms with Gasteiger partial charge in [-0.3, -0.25) is 4.79 Å². The first kappa shape index (κ1) is 21.9. The minimum atomic E-state index is -0.865. The number of allylic oxidation sites excluding steroid dienone is 2. The van der Waals surface area contributed by atoms with E-state index in [1.165, 1.54) is 19.3 Å². The zero-order valence-corrected chi connectivity index (χ0v) is 15.3. The van der Waals surface area contributed by atoms with E-state index >= 15 is 0 Å². The summed E-state index contributed by atoms with van der Waals surface area (Å²) in [4.78, 5) is 10.5. The van der Waals surface area contributed by atoms with E-state index in [9.17, 15) is 20.1 Å². The normalized spacial score (nSPS) is 28.2. The maximum Gasteiger partial charge on any atom is 0.303 e. The zero-order chi connectivity index (χ0) is 18.7. The Hall–Kier alpha value is -1.17. The molecule has 1 unspecified atom stereocenters. The Morgan fingerprint density at radius 2 is 1.92 bits per heavy atom. The molecule has 0 bridgehead atoms. The predicted molar refractivity (Wildman–Crippen MR) is 98.1 cm³/mol. The second-order valence-electron chi connectivity index (χ2n) is 7.05. The van der Waals surface area contributed by atoms with Gasteiger partial charge in [-0.1, -0.05) is 44.1 Å². The van der Waals surface area contributed by atoms with Crippen LogP contribution in [-0.2, 0) is 4.79 Å². The molecule has 1 fully saturated rings. The van der Waals surface area contributed by atoms with Crippen molar-refractivity contribution in [3.8, 4) is 0 Å². The van der Waals surface area contributed by atoms with Gasteiger partial charge in [-0.15, -0.1) is 0 Å². The van der Waals surface area contributed by atoms with Crippen LogP contribution in [0.1, 0.15) is 64.7 Å². The minimum absolute atomic E-state index is 0.0418. The van der Waals surface area contributed by atoms with Gasteiger partial charge in [-0.2, -0.15) is 0 Å². The zero-order valence-electron chi connectivity index (χ0n) is 15.3. The van der Waals surface area contributed by atoms with Gasteiger partial charge < -0.3 is 20.4 Å². The van der Waals surface area contributed by atoms with Crippen LogP contribution < -0.4 is 0 Å². The van der Waals surface area contributed by atoms with Crippen molar-refractivity contribution in [3.63, 3.8) is 0 Å². The summed E-state index contributed by atoms with van der Waals surface area (Å²) in [5, 5.41) is 38.9. The van der Waals surface area contributed by atoms with Gasteiger partial charge in [0.15, 0.2) is 0 Å². The molecule has 1 aliphatic carbocycles. The van der Waals surface area contributed by atoms with Crippen LogP contribution in [0.4, 0.5) is 0 Å². The van der Waals surface area contributed by atoms with E-state index in [4.69, 9.17) is 5.11 Å². The molecule has 0 amide bonds. The van der Waals surface area contributed by atoms with Crippen LogP contribution in [0.2, 0.25) is 0 Å². The fraction of sp³-hybridized carbons (Fsp3) is 0.750. The lowest BCUT2D eigenvalue weighted by atomic mass is 9.89. The number of hydrogen-bond donors (Lipinski definition) is 4. The highest BCUT2D eigenvalue weighted by molar-refractivity contribution is 5.66. The van der Waals surface area contributed by atoms with Gasteiger partial charge in [0.1, 0.15) is 0 Å². The van der Waals surface area contributed by atoms with Gasteiger partial charge in [0.25, 0.3) is 0 Å². The first-order valence-electron chi connectivity index (χ1n) is 9.55. The highest BCUT2D eigenvalue weighted by Gasteiger charge is 2.39. The minimum Gasteiger partial charge on any atom is -0.481 e. The lowest BCUT2D eigenvalue weighted by Gasteiger charge is -2.19. The summed E-state index contributed by atoms with van der Waals surface area (Å²) in [5.41, 5.74) is 0. The highest BCUT2D eigenvalue weighted by atomic mass is 16.4. The summed E-state index contributed by atoms with van der Waals surface area (Å²) in [7, 11) is 0. The Bertz CT molecular complexity index is 432. The number of carboxylic acid groups (broad SMARTS) is 1. The summed E-state index contributed by atoms with van der Waals surface area (Å²) in [6, 6.07) is 0. The lowest BCUT2D eigenvalue weighted by molar-refractivity contribution is -0.137. The van der Waals surface area contributed by atoms with Crippen LogP contribution in [0.5, 0.6) is 0 Å². The Labute approximate surface area is 151 Å². The van der Waals surface area contributed by atoms with E-state index in [0.717, 1.165) is 6.42 Å². The molecule has 0 spiro atoms. The quantitative estimate of drug-likeness (QED) is 0.319. The molecule has 0 aromatic carbocycles. The van der Waals surface area contributed by atoms with Gasteiger partial charge in [-0.25, -0.2) is 0 Å². The van der Waals surface area contributed by atoms with E-state index in [-0.39, 0.29) is 18.3 Å². The number of rotatable bonds is 12. The maximum absolute atomic E-state index is 10.5. The molecule has 0 saturated heterocycles. The number of unbranched alkanes of at least 4 members (excludes halogenated alkanes) is 3. The van der Waals surface area contributed by atoms with Gasteiger partial charge in [-0.05, 0) is 38.0 Å². The third kappa shape index (κ3) is 8.66. The Morgan fingerprint density at radius 1 is 1.16 bits per heavy atom. The molecule has 5 atom stereocenters. The molecule has 1 rings (SSSR count). The molecule has 5 nitrogen and oxygen atoms in total. The predicted octanol–water partition coefficient (Wildman–Crippen LogP) is 3.04. The molecule has 0 heterocycles. The van der Waals surface area contributed by atoms with Gasteiger partial charge in [0.05, 0.1) is 18.3 Å². The van der Waals surface area contributed by atoms with Crippen LogP contribution in [0, 0.1) is 11.8 Å². The monoisotopic (exact) mass is 354 g/mol. The molecule has 5 heteroatoms. The van der Waals surface area contributed by atoms with Crippen molar-refractivity contribution >= 4 is 5.97 Å². The van der Waals surface area contributed by atoms with E-state index < -0.39 is 24.3 Å². The Morgan fingerprint density at radius 3 is 2.60 bits per heavy atom. The molecule has 0 aromatic rings. The highest BCUT2D eigenvalue weighted by Crippen LogP contribution is 2.36. The van der Waals surface area contributed by atoms with Gasteiger partial charge >= 0.3 is 5.97 Å². The summed E-state index contributed by atoms with van der Waals surface area (Å²) >= 11 is 0. The van der Waals surface area contributed by atoms with Crippen molar-refractivity contribution in [3.05, 3.63) is 24.3 Å². The summed E-state index contributed by atoms with van der Waals surface area (Å²) in [6.07, 6.45) is 12.4. The van der Waals surface area contributed by atoms with Gasteiger partial charge in [0.2, 0.25) is 0 Å². The molecule has 4 N–H and O–H groups in total. The first-order chi connectivity index (χ1) is 12.0. The molecular weight excluding hydrogens is 320 g/mol. The lowest BCUT2D eigenvalue weighted by Crippen LogP contribution is -2.20. The average Bonchev–Trinajstić information content (AvgIpc) is 2.81. The fourth-order valence-electron chi connectivity index (χ4n) is 3.41. The molecule has 1 aliphatic rings. The van der Waals surface area contributed by atoms with Crippen LogP contribution >= 0.6 is 0 Å². The first-order valence-corrected chi connectivity index (χ1v) is 9.55. The molecule has 0 aliphatic heterocycles. The third-order valence-electron chi connectivity index (χ3n) is 4.91. The van der Waals surface area contributed by atoms with Crippen molar-refractivity contribution in [2.24, 2.45) is 11.8 Å². The van der Waals surface area contributed by atoms with Crippen LogP contribution in [-0.4, -0.2) is 44.7 Å². The second-order valence-corrected chi connectivity index (χ2v) is 7.05. The molecule has 144 valence electrons. The van der Waals surface area contributed by atoms with Crippen LogP contribution in [0.3, 0.4) is 0 Å². The Balaban J connectivity index is 2.47. The van der Waals surface area contributed by atoms with E-state index in [0.29, 0.717) is 25.7 Å². The van der Waals surface area contributed by atoms with E-state index in [1.807, 2.05) is 0 Å². The van der Waals surface area contributed by atoms with Gasteiger partial charge in [0, 0.05) is 18.8 Å². The number of carbonyl (C=O) groups is 1.